The third-order valence-electron chi connectivity index (χ3n) is 4.88. The van der Waals surface area contributed by atoms with Crippen LogP contribution in [0.3, 0.4) is 0 Å². The fourth-order valence-electron chi connectivity index (χ4n) is 3.40. The monoisotopic (exact) mass is 386 g/mol. The Hall–Kier alpha value is -3.60. The van der Waals surface area contributed by atoms with Crippen molar-refractivity contribution in [1.82, 2.24) is 0 Å². The van der Waals surface area contributed by atoms with Crippen LogP contribution in [-0.2, 0) is 16.2 Å². The highest BCUT2D eigenvalue weighted by molar-refractivity contribution is 6.08. The molecular weight excluding hydrogens is 364 g/mol. The molecule has 0 saturated heterocycles. The summed E-state index contributed by atoms with van der Waals surface area (Å²) in [5.41, 5.74) is 3.44. The van der Waals surface area contributed by atoms with Crippen molar-refractivity contribution in [3.8, 4) is 5.75 Å². The highest BCUT2D eigenvalue weighted by Gasteiger charge is 2.34. The van der Waals surface area contributed by atoms with Gasteiger partial charge in [-0.1, -0.05) is 65.8 Å². The number of hydrogen-bond donors (Lipinski definition) is 0. The molecule has 0 aromatic heterocycles. The van der Waals surface area contributed by atoms with Crippen LogP contribution in [0.4, 0.5) is 5.69 Å². The Morgan fingerprint density at radius 2 is 1.66 bits per heavy atom. The number of amides is 1. The zero-order valence-corrected chi connectivity index (χ0v) is 16.2. The molecule has 146 valence electrons. The second-order valence-corrected chi connectivity index (χ2v) is 6.78. The zero-order valence-electron chi connectivity index (χ0n) is 16.2. The van der Waals surface area contributed by atoms with Crippen LogP contribution >= 0.6 is 0 Å². The SMILES string of the molecule is COc1ccccc1C1=NOC(C(=O)N(Cc2ccccc2)c2ccccc2)C1. The number of ether oxygens (including phenoxy) is 1. The minimum atomic E-state index is -0.668. The van der Waals surface area contributed by atoms with Crippen LogP contribution in [0.1, 0.15) is 17.5 Å². The van der Waals surface area contributed by atoms with Crippen LogP contribution in [0, 0.1) is 0 Å². The van der Waals surface area contributed by atoms with Gasteiger partial charge in [0.15, 0.2) is 0 Å². The number of hydrogen-bond acceptors (Lipinski definition) is 4. The minimum absolute atomic E-state index is 0.117. The summed E-state index contributed by atoms with van der Waals surface area (Å²) in [5.74, 6) is 0.598. The molecule has 0 aliphatic carbocycles. The largest absolute Gasteiger partial charge is 0.496 e. The summed E-state index contributed by atoms with van der Waals surface area (Å²) in [5, 5.41) is 4.19. The number of oxime groups is 1. The topological polar surface area (TPSA) is 51.1 Å². The van der Waals surface area contributed by atoms with Crippen molar-refractivity contribution in [3.63, 3.8) is 0 Å². The molecule has 1 heterocycles. The summed E-state index contributed by atoms with van der Waals surface area (Å²) in [7, 11) is 1.62. The maximum Gasteiger partial charge on any atom is 0.271 e. The van der Waals surface area contributed by atoms with Crippen molar-refractivity contribution in [2.24, 2.45) is 5.16 Å². The number of nitrogens with zero attached hydrogens (tertiary/aromatic N) is 2. The number of benzene rings is 3. The van der Waals surface area contributed by atoms with Crippen LogP contribution in [0.25, 0.3) is 0 Å². The zero-order chi connectivity index (χ0) is 20.1. The molecule has 0 radical (unpaired) electrons. The third kappa shape index (κ3) is 4.14. The normalized spacial score (nSPS) is 15.3. The standard InChI is InChI=1S/C24H22N2O3/c1-28-22-15-9-8-14-20(22)21-16-23(29-25-21)24(27)26(19-12-6-3-7-13-19)17-18-10-4-2-5-11-18/h2-15,23H,16-17H2,1H3. The average molecular weight is 386 g/mol. The first kappa shape index (κ1) is 18.7. The predicted octanol–water partition coefficient (Wildman–Crippen LogP) is 4.42. The molecule has 1 aliphatic rings. The van der Waals surface area contributed by atoms with Gasteiger partial charge in [0.2, 0.25) is 6.10 Å². The van der Waals surface area contributed by atoms with Crippen LogP contribution in [0.2, 0.25) is 0 Å². The molecule has 5 nitrogen and oxygen atoms in total. The summed E-state index contributed by atoms with van der Waals surface area (Å²) in [6.07, 6.45) is -0.268. The fourth-order valence-corrected chi connectivity index (χ4v) is 3.40. The lowest BCUT2D eigenvalue weighted by Crippen LogP contribution is -2.39. The van der Waals surface area contributed by atoms with E-state index in [1.807, 2.05) is 84.9 Å². The van der Waals surface area contributed by atoms with Crippen LogP contribution in [0.15, 0.2) is 90.1 Å². The molecule has 1 unspecified atom stereocenters. The van der Waals surface area contributed by atoms with Gasteiger partial charge in [-0.15, -0.1) is 0 Å². The van der Waals surface area contributed by atoms with Crippen LogP contribution in [-0.4, -0.2) is 24.8 Å². The number of rotatable bonds is 6. The molecule has 3 aromatic rings. The van der Waals surface area contributed by atoms with Gasteiger partial charge in [0.05, 0.1) is 19.4 Å². The smallest absolute Gasteiger partial charge is 0.271 e. The molecule has 5 heteroatoms. The molecule has 1 amide bonds. The molecule has 29 heavy (non-hydrogen) atoms. The van der Waals surface area contributed by atoms with Crippen molar-refractivity contribution in [2.75, 3.05) is 12.0 Å². The third-order valence-corrected chi connectivity index (χ3v) is 4.88. The quantitative estimate of drug-likeness (QED) is 0.630. The number of carbonyl (C=O) groups is 1. The first-order chi connectivity index (χ1) is 14.3. The second kappa shape index (κ2) is 8.61. The van der Waals surface area contributed by atoms with Crippen molar-refractivity contribution >= 4 is 17.3 Å². The Kier molecular flexibility index (Phi) is 5.56. The van der Waals surface area contributed by atoms with Gasteiger partial charge in [0.1, 0.15) is 5.75 Å². The molecule has 3 aromatic carbocycles. The van der Waals surface area contributed by atoms with Gasteiger partial charge in [0, 0.05) is 17.7 Å². The summed E-state index contributed by atoms with van der Waals surface area (Å²) < 4.78 is 5.42. The molecule has 0 fully saturated rings. The number of methoxy groups -OCH3 is 1. The highest BCUT2D eigenvalue weighted by Crippen LogP contribution is 2.27. The fraction of sp³-hybridized carbons (Fsp3) is 0.167. The van der Waals surface area contributed by atoms with Crippen molar-refractivity contribution in [2.45, 2.75) is 19.1 Å². The molecule has 1 atom stereocenters. The Morgan fingerprint density at radius 1 is 1.00 bits per heavy atom. The summed E-state index contributed by atoms with van der Waals surface area (Å²) in [6, 6.07) is 27.2. The molecule has 0 saturated carbocycles. The lowest BCUT2D eigenvalue weighted by Gasteiger charge is -2.25. The second-order valence-electron chi connectivity index (χ2n) is 6.78. The summed E-state index contributed by atoms with van der Waals surface area (Å²) in [4.78, 5) is 20.7. The van der Waals surface area contributed by atoms with E-state index < -0.39 is 6.10 Å². The average Bonchev–Trinajstić information content (AvgIpc) is 3.28. The van der Waals surface area contributed by atoms with Gasteiger partial charge in [-0.2, -0.15) is 0 Å². The van der Waals surface area contributed by atoms with E-state index in [0.717, 1.165) is 16.8 Å². The van der Waals surface area contributed by atoms with Gasteiger partial charge in [-0.3, -0.25) is 4.79 Å². The van der Waals surface area contributed by atoms with E-state index in [1.54, 1.807) is 12.0 Å². The maximum absolute atomic E-state index is 13.4. The van der Waals surface area contributed by atoms with Crippen LogP contribution < -0.4 is 9.64 Å². The molecule has 1 aliphatic heterocycles. The van der Waals surface area contributed by atoms with Crippen molar-refractivity contribution < 1.29 is 14.4 Å². The molecule has 0 spiro atoms. The summed E-state index contributed by atoms with van der Waals surface area (Å²) >= 11 is 0. The maximum atomic E-state index is 13.4. The Labute approximate surface area is 170 Å². The van der Waals surface area contributed by atoms with E-state index in [2.05, 4.69) is 5.16 Å². The van der Waals surface area contributed by atoms with E-state index in [-0.39, 0.29) is 5.91 Å². The predicted molar refractivity (Wildman–Crippen MR) is 113 cm³/mol. The van der Waals surface area contributed by atoms with Crippen molar-refractivity contribution in [1.29, 1.82) is 0 Å². The summed E-state index contributed by atoms with van der Waals surface area (Å²) in [6.45, 7) is 0.466. The van der Waals surface area contributed by atoms with Crippen LogP contribution in [0.5, 0.6) is 5.75 Å². The van der Waals surface area contributed by atoms with Gasteiger partial charge < -0.3 is 14.5 Å². The van der Waals surface area contributed by atoms with E-state index in [0.29, 0.717) is 24.4 Å². The van der Waals surface area contributed by atoms with Gasteiger partial charge in [-0.05, 0) is 29.8 Å². The molecule has 0 N–H and O–H groups in total. The Balaban J connectivity index is 1.56. The molecule has 0 bridgehead atoms. The van der Waals surface area contributed by atoms with Gasteiger partial charge in [0.25, 0.3) is 5.91 Å². The van der Waals surface area contributed by atoms with Gasteiger partial charge >= 0.3 is 0 Å². The first-order valence-corrected chi connectivity index (χ1v) is 9.52. The number of carbonyl (C=O) groups excluding carboxylic acids is 1. The lowest BCUT2D eigenvalue weighted by molar-refractivity contribution is -0.128. The molecule has 4 rings (SSSR count). The van der Waals surface area contributed by atoms with E-state index in [1.165, 1.54) is 0 Å². The highest BCUT2D eigenvalue weighted by atomic mass is 16.6. The van der Waals surface area contributed by atoms with E-state index in [4.69, 9.17) is 9.57 Å². The van der Waals surface area contributed by atoms with E-state index >= 15 is 0 Å². The van der Waals surface area contributed by atoms with Gasteiger partial charge in [-0.25, -0.2) is 0 Å². The Bertz CT molecular complexity index is 1000. The minimum Gasteiger partial charge on any atom is -0.496 e. The Morgan fingerprint density at radius 3 is 2.38 bits per heavy atom. The lowest BCUT2D eigenvalue weighted by atomic mass is 10.0. The molecular formula is C24H22N2O3. The number of para-hydroxylation sites is 2. The first-order valence-electron chi connectivity index (χ1n) is 9.52. The number of anilines is 1. The van der Waals surface area contributed by atoms with E-state index in [9.17, 15) is 4.79 Å². The van der Waals surface area contributed by atoms with Crippen molar-refractivity contribution in [3.05, 3.63) is 96.1 Å².